The van der Waals surface area contributed by atoms with Gasteiger partial charge in [0.2, 0.25) is 0 Å². The Labute approximate surface area is 112 Å². The third kappa shape index (κ3) is 2.56. The summed E-state index contributed by atoms with van der Waals surface area (Å²) >= 11 is 0. The molecule has 5 heteroatoms. The van der Waals surface area contributed by atoms with Crippen molar-refractivity contribution in [1.82, 2.24) is 9.55 Å². The van der Waals surface area contributed by atoms with Gasteiger partial charge in [0.15, 0.2) is 11.5 Å². The molecule has 0 amide bonds. The molecule has 1 aromatic carbocycles. The number of rotatable bonds is 5. The van der Waals surface area contributed by atoms with E-state index < -0.39 is 6.10 Å². The minimum atomic E-state index is -0.783. The van der Waals surface area contributed by atoms with Crippen molar-refractivity contribution in [2.24, 2.45) is 0 Å². The summed E-state index contributed by atoms with van der Waals surface area (Å²) in [6.07, 6.45) is 2.75. The van der Waals surface area contributed by atoms with Crippen LogP contribution in [0.4, 0.5) is 0 Å². The number of aromatic nitrogens is 2. The van der Waals surface area contributed by atoms with Crippen molar-refractivity contribution < 1.29 is 14.6 Å². The van der Waals surface area contributed by atoms with Crippen LogP contribution in [0.3, 0.4) is 0 Å². The van der Waals surface area contributed by atoms with Crippen LogP contribution in [0.15, 0.2) is 30.6 Å². The van der Waals surface area contributed by atoms with Crippen molar-refractivity contribution in [3.63, 3.8) is 0 Å². The molecule has 0 radical (unpaired) electrons. The normalized spacial score (nSPS) is 12.2. The SMILES string of the molecule is CCn1ccnc1C(O)c1ccc(OC)c(OC)c1. The summed E-state index contributed by atoms with van der Waals surface area (Å²) in [5, 5.41) is 10.4. The van der Waals surface area contributed by atoms with Gasteiger partial charge in [-0.05, 0) is 24.6 Å². The highest BCUT2D eigenvalue weighted by Crippen LogP contribution is 2.31. The Morgan fingerprint density at radius 3 is 2.63 bits per heavy atom. The zero-order chi connectivity index (χ0) is 13.8. The molecule has 2 rings (SSSR count). The van der Waals surface area contributed by atoms with Gasteiger partial charge >= 0.3 is 0 Å². The highest BCUT2D eigenvalue weighted by atomic mass is 16.5. The molecule has 2 aromatic rings. The first-order chi connectivity index (χ1) is 9.21. The van der Waals surface area contributed by atoms with E-state index in [-0.39, 0.29) is 0 Å². The van der Waals surface area contributed by atoms with Crippen molar-refractivity contribution >= 4 is 0 Å². The molecule has 0 saturated heterocycles. The summed E-state index contributed by atoms with van der Waals surface area (Å²) in [6, 6.07) is 5.34. The van der Waals surface area contributed by atoms with Crippen molar-refractivity contribution in [2.45, 2.75) is 19.6 Å². The number of hydrogen-bond acceptors (Lipinski definition) is 4. The second-order valence-electron chi connectivity index (χ2n) is 4.09. The van der Waals surface area contributed by atoms with Gasteiger partial charge in [-0.2, -0.15) is 0 Å². The third-order valence-electron chi connectivity index (χ3n) is 3.06. The molecular weight excluding hydrogens is 244 g/mol. The molecule has 0 bridgehead atoms. The van der Waals surface area contributed by atoms with Gasteiger partial charge in [-0.15, -0.1) is 0 Å². The molecule has 0 saturated carbocycles. The number of benzene rings is 1. The van der Waals surface area contributed by atoms with E-state index in [2.05, 4.69) is 4.98 Å². The summed E-state index contributed by atoms with van der Waals surface area (Å²) < 4.78 is 12.3. The van der Waals surface area contributed by atoms with Gasteiger partial charge in [-0.25, -0.2) is 4.98 Å². The molecule has 19 heavy (non-hydrogen) atoms. The Balaban J connectivity index is 2.36. The molecule has 0 spiro atoms. The molecule has 0 fully saturated rings. The van der Waals surface area contributed by atoms with Crippen LogP contribution in [0.25, 0.3) is 0 Å². The smallest absolute Gasteiger partial charge is 0.161 e. The van der Waals surface area contributed by atoms with E-state index in [0.717, 1.165) is 12.1 Å². The first kappa shape index (κ1) is 13.4. The summed E-state index contributed by atoms with van der Waals surface area (Å²) in [7, 11) is 3.15. The number of hydrogen-bond donors (Lipinski definition) is 1. The van der Waals surface area contributed by atoms with Gasteiger partial charge < -0.3 is 19.1 Å². The Bertz CT molecular complexity index is 551. The lowest BCUT2D eigenvalue weighted by molar-refractivity contribution is 0.204. The van der Waals surface area contributed by atoms with Crippen LogP contribution < -0.4 is 9.47 Å². The standard InChI is InChI=1S/C14H18N2O3/c1-4-16-8-7-15-14(16)13(17)10-5-6-11(18-2)12(9-10)19-3/h5-9,13,17H,4H2,1-3H3. The zero-order valence-corrected chi connectivity index (χ0v) is 11.3. The van der Waals surface area contributed by atoms with Crippen molar-refractivity contribution in [2.75, 3.05) is 14.2 Å². The first-order valence-corrected chi connectivity index (χ1v) is 6.12. The van der Waals surface area contributed by atoms with Crippen LogP contribution >= 0.6 is 0 Å². The minimum Gasteiger partial charge on any atom is -0.493 e. The van der Waals surface area contributed by atoms with Crippen LogP contribution in [0.5, 0.6) is 11.5 Å². The zero-order valence-electron chi connectivity index (χ0n) is 11.3. The van der Waals surface area contributed by atoms with Crippen molar-refractivity contribution in [3.8, 4) is 11.5 Å². The van der Waals surface area contributed by atoms with Gasteiger partial charge in [0.05, 0.1) is 14.2 Å². The van der Waals surface area contributed by atoms with Crippen molar-refractivity contribution in [3.05, 3.63) is 42.0 Å². The maximum absolute atomic E-state index is 10.4. The highest BCUT2D eigenvalue weighted by molar-refractivity contribution is 5.44. The summed E-state index contributed by atoms with van der Waals surface area (Å²) in [5.74, 6) is 1.85. The number of imidazole rings is 1. The summed E-state index contributed by atoms with van der Waals surface area (Å²) in [6.45, 7) is 2.77. The highest BCUT2D eigenvalue weighted by Gasteiger charge is 2.17. The van der Waals surface area contributed by atoms with Gasteiger partial charge in [0.25, 0.3) is 0 Å². The van der Waals surface area contributed by atoms with Gasteiger partial charge in [0.1, 0.15) is 11.9 Å². The molecule has 0 aliphatic heterocycles. The number of ether oxygens (including phenoxy) is 2. The van der Waals surface area contributed by atoms with Gasteiger partial charge in [-0.3, -0.25) is 0 Å². The number of aliphatic hydroxyl groups excluding tert-OH is 1. The Kier molecular flexibility index (Phi) is 4.06. The second-order valence-corrected chi connectivity index (χ2v) is 4.09. The molecular formula is C14H18N2O3. The molecule has 1 aromatic heterocycles. The fraction of sp³-hybridized carbons (Fsp3) is 0.357. The van der Waals surface area contributed by atoms with E-state index in [9.17, 15) is 5.11 Å². The number of nitrogens with zero attached hydrogens (tertiary/aromatic N) is 2. The predicted octanol–water partition coefficient (Wildman–Crippen LogP) is 2.00. The topological polar surface area (TPSA) is 56.5 Å². The maximum atomic E-state index is 10.4. The largest absolute Gasteiger partial charge is 0.493 e. The van der Waals surface area contributed by atoms with E-state index in [1.54, 1.807) is 38.6 Å². The molecule has 1 heterocycles. The lowest BCUT2D eigenvalue weighted by Gasteiger charge is -2.15. The van der Waals surface area contributed by atoms with E-state index in [1.165, 1.54) is 0 Å². The van der Waals surface area contributed by atoms with Crippen molar-refractivity contribution in [1.29, 1.82) is 0 Å². The lowest BCUT2D eigenvalue weighted by Crippen LogP contribution is -2.09. The molecule has 1 unspecified atom stereocenters. The number of aliphatic hydroxyl groups is 1. The average Bonchev–Trinajstić information content (AvgIpc) is 2.94. The first-order valence-electron chi connectivity index (χ1n) is 6.12. The molecule has 1 N–H and O–H groups in total. The second kappa shape index (κ2) is 5.75. The monoisotopic (exact) mass is 262 g/mol. The fourth-order valence-corrected chi connectivity index (χ4v) is 2.01. The predicted molar refractivity (Wildman–Crippen MR) is 71.5 cm³/mol. The van der Waals surface area contributed by atoms with E-state index in [1.807, 2.05) is 17.7 Å². The minimum absolute atomic E-state index is 0.591. The molecule has 5 nitrogen and oxygen atoms in total. The summed E-state index contributed by atoms with van der Waals surface area (Å²) in [4.78, 5) is 4.20. The van der Waals surface area contributed by atoms with Crippen LogP contribution in [-0.4, -0.2) is 28.9 Å². The quantitative estimate of drug-likeness (QED) is 0.895. The third-order valence-corrected chi connectivity index (χ3v) is 3.06. The molecule has 1 atom stereocenters. The van der Waals surface area contributed by atoms with E-state index in [0.29, 0.717) is 17.3 Å². The number of aryl methyl sites for hydroxylation is 1. The lowest BCUT2D eigenvalue weighted by atomic mass is 10.1. The van der Waals surface area contributed by atoms with Gasteiger partial charge in [0, 0.05) is 18.9 Å². The van der Waals surface area contributed by atoms with Crippen LogP contribution in [-0.2, 0) is 6.54 Å². The summed E-state index contributed by atoms with van der Waals surface area (Å²) in [5.41, 5.74) is 0.721. The molecule has 0 aliphatic carbocycles. The molecule has 0 aliphatic rings. The van der Waals surface area contributed by atoms with Gasteiger partial charge in [-0.1, -0.05) is 6.07 Å². The number of methoxy groups -OCH3 is 2. The van der Waals surface area contributed by atoms with E-state index >= 15 is 0 Å². The Morgan fingerprint density at radius 1 is 1.26 bits per heavy atom. The van der Waals surface area contributed by atoms with Crippen LogP contribution in [0.2, 0.25) is 0 Å². The van der Waals surface area contributed by atoms with Crippen LogP contribution in [0.1, 0.15) is 24.4 Å². The fourth-order valence-electron chi connectivity index (χ4n) is 2.01. The van der Waals surface area contributed by atoms with E-state index in [4.69, 9.17) is 9.47 Å². The Hall–Kier alpha value is -2.01. The molecule has 102 valence electrons. The Morgan fingerprint density at radius 2 is 2.00 bits per heavy atom. The average molecular weight is 262 g/mol. The van der Waals surface area contributed by atoms with Crippen LogP contribution in [0, 0.1) is 0 Å². The maximum Gasteiger partial charge on any atom is 0.161 e.